The van der Waals surface area contributed by atoms with Crippen molar-refractivity contribution in [2.45, 2.75) is 131 Å². The Bertz CT molecular complexity index is 3540. The molecule has 8 aromatic rings. The van der Waals surface area contributed by atoms with E-state index < -0.39 is 0 Å². The van der Waals surface area contributed by atoms with Gasteiger partial charge in [0.05, 0.1) is 17.1 Å². The third-order valence-electron chi connectivity index (χ3n) is 15.2. The van der Waals surface area contributed by atoms with E-state index in [9.17, 15) is 0 Å². The fraction of sp³-hybridized carbons (Fsp3) is 0.282. The van der Waals surface area contributed by atoms with Crippen molar-refractivity contribution >= 4 is 46.4 Å². The molecule has 2 aliphatic rings. The average molecular weight is 984 g/mol. The molecule has 8 bridgehead atoms. The van der Waals surface area contributed by atoms with Crippen LogP contribution >= 0.6 is 0 Å². The van der Waals surface area contributed by atoms with Gasteiger partial charge in [-0.3, -0.25) is 4.98 Å². The molecule has 75 heavy (non-hydrogen) atoms. The zero-order valence-corrected chi connectivity index (χ0v) is 47.1. The Kier molecular flexibility index (Phi) is 12.8. The molecule has 0 unspecified atom stereocenters. The van der Waals surface area contributed by atoms with E-state index in [1.807, 2.05) is 0 Å². The highest BCUT2D eigenvalue weighted by Crippen LogP contribution is 2.42. The third-order valence-corrected chi connectivity index (χ3v) is 15.2. The number of rotatable bonds is 6. The molecule has 0 fully saturated rings. The third kappa shape index (κ3) is 10.2. The van der Waals surface area contributed by atoms with E-state index in [0.717, 1.165) is 101 Å². The van der Waals surface area contributed by atoms with Crippen LogP contribution in [0.15, 0.2) is 146 Å². The van der Waals surface area contributed by atoms with Gasteiger partial charge in [0, 0.05) is 44.5 Å². The number of nitrogens with one attached hydrogen (secondary N) is 2. The lowest BCUT2D eigenvalue weighted by molar-refractivity contribution is 0.589. The molecule has 4 nitrogen and oxygen atoms in total. The van der Waals surface area contributed by atoms with Crippen molar-refractivity contribution < 1.29 is 0 Å². The number of aromatic nitrogens is 4. The van der Waals surface area contributed by atoms with Crippen LogP contribution in [0.2, 0.25) is 0 Å². The normalized spacial score (nSPS) is 13.2. The van der Waals surface area contributed by atoms with E-state index >= 15 is 0 Å². The van der Waals surface area contributed by atoms with Crippen LogP contribution in [0.25, 0.3) is 79.8 Å². The van der Waals surface area contributed by atoms with E-state index in [-0.39, 0.29) is 27.1 Å². The maximum absolute atomic E-state index is 5.77. The van der Waals surface area contributed by atoms with Gasteiger partial charge in [0.25, 0.3) is 0 Å². The predicted molar refractivity (Wildman–Crippen MR) is 322 cm³/mol. The topological polar surface area (TPSA) is 57.4 Å². The van der Waals surface area contributed by atoms with Crippen LogP contribution in [-0.2, 0) is 27.1 Å². The van der Waals surface area contributed by atoms with Crippen LogP contribution in [0.4, 0.5) is 0 Å². The summed E-state index contributed by atoms with van der Waals surface area (Å²) in [4.78, 5) is 19.5. The largest absolute Gasteiger partial charge is 0.377 e. The van der Waals surface area contributed by atoms with Gasteiger partial charge in [-0.05, 0) is 102 Å². The molecule has 0 saturated carbocycles. The van der Waals surface area contributed by atoms with E-state index in [1.54, 1.807) is 0 Å². The summed E-state index contributed by atoms with van der Waals surface area (Å²) in [5, 5.41) is 0. The fourth-order valence-corrected chi connectivity index (χ4v) is 10.5. The highest BCUT2D eigenvalue weighted by Gasteiger charge is 2.24. The van der Waals surface area contributed by atoms with Crippen molar-refractivity contribution in [1.29, 1.82) is 0 Å². The summed E-state index contributed by atoms with van der Waals surface area (Å²) in [6.45, 7) is 34.1. The second kappa shape index (κ2) is 18.7. The minimum atomic E-state index is -0.00487. The summed E-state index contributed by atoms with van der Waals surface area (Å²) in [5.74, 6) is 1.11. The molecule has 380 valence electrons. The zero-order valence-electron chi connectivity index (χ0n) is 47.1. The van der Waals surface area contributed by atoms with Crippen LogP contribution in [0.3, 0.4) is 0 Å². The molecule has 0 saturated heterocycles. The minimum absolute atomic E-state index is 0.00112. The van der Waals surface area contributed by atoms with E-state index in [1.165, 1.54) is 27.8 Å². The summed E-state index contributed by atoms with van der Waals surface area (Å²) in [7, 11) is 0. The Morgan fingerprint density at radius 2 is 0.520 bits per heavy atom. The number of fused-ring (bicyclic) bond motifs is 8. The molecule has 0 amide bonds. The first-order valence-electron chi connectivity index (χ1n) is 26.9. The maximum Gasteiger partial charge on any atom is 0.0737 e. The average Bonchev–Trinajstić information content (AvgIpc) is 4.21. The molecule has 4 heteroatoms. The molecule has 3 aromatic heterocycles. The van der Waals surface area contributed by atoms with Crippen molar-refractivity contribution in [1.82, 2.24) is 19.9 Å². The molecule has 0 radical (unpaired) electrons. The molecular weight excluding hydrogens is 909 g/mol. The van der Waals surface area contributed by atoms with Gasteiger partial charge in [-0.25, -0.2) is 4.98 Å². The van der Waals surface area contributed by atoms with Gasteiger partial charge in [-0.1, -0.05) is 265 Å². The fourth-order valence-electron chi connectivity index (χ4n) is 10.5. The zero-order chi connectivity index (χ0) is 53.4. The van der Waals surface area contributed by atoms with Crippen molar-refractivity contribution in [2.24, 2.45) is 0 Å². The van der Waals surface area contributed by atoms with Crippen molar-refractivity contribution in [3.8, 4) is 33.4 Å². The minimum Gasteiger partial charge on any atom is -0.377 e. The monoisotopic (exact) mass is 984 g/mol. The Balaban J connectivity index is 1.36. The highest BCUT2D eigenvalue weighted by molar-refractivity contribution is 5.98. The Hall–Kier alpha value is -7.43. The lowest BCUT2D eigenvalue weighted by Crippen LogP contribution is -2.13. The number of aromatic amines is 2. The van der Waals surface area contributed by atoms with E-state index in [2.05, 4.69) is 284 Å². The Morgan fingerprint density at radius 3 is 0.813 bits per heavy atom. The summed E-state index contributed by atoms with van der Waals surface area (Å²) >= 11 is 0. The van der Waals surface area contributed by atoms with Crippen LogP contribution in [-0.4, -0.2) is 19.9 Å². The standard InChI is InChI=1S/C71H75N4/c1-67(2,3)49-26-16-44(17-27-49)62(45-18-28-50(29-19-45)68(4,5)6)66-60-42-40-58(74-60)64(47-22-32-52(33-23-47)70(10,11)12)56-38-36-54(72-56)63(46-20-30-51(31-21-46)69(7,8)9)55-37-39-57(73-55)65(59-41-43-61(66)75-59)48-24-34-53(35-25-48)71(13,14)15/h16-43,72,75H,1-15H3/q-1. The van der Waals surface area contributed by atoms with E-state index in [4.69, 9.17) is 9.97 Å². The van der Waals surface area contributed by atoms with Crippen LogP contribution < -0.4 is 0 Å². The number of hydrogen-bond acceptors (Lipinski definition) is 2. The summed E-state index contributed by atoms with van der Waals surface area (Å²) in [6.07, 6.45) is 8.82. The lowest BCUT2D eigenvalue weighted by Gasteiger charge is -2.29. The summed E-state index contributed by atoms with van der Waals surface area (Å²) < 4.78 is 0. The second-order valence-electron chi connectivity index (χ2n) is 26.0. The SMILES string of the molecule is CC(C)(C)c1ccc(-c2c3nc(c(-c4ccc(C(C)(C)C)cc4)c4ccc([nH]4)c([C-](c4ccc(C(C)(C)C)cc4)c4ccc(C(C)(C)C)cc4)c4nc(c(-c5ccc(C(C)(C)C)cc5)c5ccc2[nH]5)C=C4)C=C3)cc1. The van der Waals surface area contributed by atoms with E-state index in [0.29, 0.717) is 0 Å². The van der Waals surface area contributed by atoms with Crippen LogP contribution in [0, 0.1) is 5.92 Å². The first-order valence-corrected chi connectivity index (χ1v) is 26.9. The molecule has 5 aromatic carbocycles. The summed E-state index contributed by atoms with van der Waals surface area (Å²) in [5.41, 5.74) is 23.5. The van der Waals surface area contributed by atoms with Gasteiger partial charge in [-0.2, -0.15) is 0 Å². The van der Waals surface area contributed by atoms with Gasteiger partial charge in [0.15, 0.2) is 0 Å². The molecule has 0 aliphatic carbocycles. The molecule has 5 heterocycles. The molecular formula is C71H75N4-. The number of benzene rings is 5. The molecule has 0 atom stereocenters. The highest BCUT2D eigenvalue weighted by atomic mass is 14.8. The molecule has 10 rings (SSSR count). The number of hydrogen-bond donors (Lipinski definition) is 2. The predicted octanol–water partition coefficient (Wildman–Crippen LogP) is 19.2. The Morgan fingerprint density at radius 1 is 0.280 bits per heavy atom. The van der Waals surface area contributed by atoms with Crippen molar-refractivity contribution in [3.05, 3.63) is 219 Å². The lowest BCUT2D eigenvalue weighted by atomic mass is 9.80. The first-order chi connectivity index (χ1) is 35.3. The Labute approximate surface area is 447 Å². The van der Waals surface area contributed by atoms with Gasteiger partial charge in [0.1, 0.15) is 0 Å². The van der Waals surface area contributed by atoms with Crippen molar-refractivity contribution in [2.75, 3.05) is 0 Å². The van der Waals surface area contributed by atoms with Gasteiger partial charge >= 0.3 is 0 Å². The summed E-state index contributed by atoms with van der Waals surface area (Å²) in [6, 6.07) is 54.5. The number of H-pyrrole nitrogens is 2. The maximum atomic E-state index is 5.77. The first kappa shape index (κ1) is 51.1. The smallest absolute Gasteiger partial charge is 0.0737 e. The van der Waals surface area contributed by atoms with Gasteiger partial charge in [0.2, 0.25) is 0 Å². The van der Waals surface area contributed by atoms with Gasteiger partial charge in [-0.15, -0.1) is 0 Å². The second-order valence-corrected chi connectivity index (χ2v) is 26.0. The quantitative estimate of drug-likeness (QED) is 0.163. The molecule has 0 spiro atoms. The van der Waals surface area contributed by atoms with Crippen LogP contribution in [0.1, 0.15) is 171 Å². The molecule has 2 aliphatic heterocycles. The van der Waals surface area contributed by atoms with Gasteiger partial charge < -0.3 is 9.97 Å². The van der Waals surface area contributed by atoms with Crippen LogP contribution in [0.5, 0.6) is 0 Å². The number of nitrogens with zero attached hydrogens (tertiary/aromatic N) is 2. The molecule has 2 N–H and O–H groups in total. The van der Waals surface area contributed by atoms with Crippen molar-refractivity contribution in [3.63, 3.8) is 0 Å².